The van der Waals surface area contributed by atoms with Crippen molar-refractivity contribution in [3.05, 3.63) is 59.5 Å². The lowest BCUT2D eigenvalue weighted by atomic mass is 10.0. The van der Waals surface area contributed by atoms with Gasteiger partial charge >= 0.3 is 0 Å². The summed E-state index contributed by atoms with van der Waals surface area (Å²) in [5.41, 5.74) is 2.23. The number of methoxy groups -OCH3 is 1. The minimum Gasteiger partial charge on any atom is -0.499 e. The predicted octanol–water partition coefficient (Wildman–Crippen LogP) is 4.29. The number of carbonyl (C=O) groups is 1. The van der Waals surface area contributed by atoms with E-state index in [9.17, 15) is 4.79 Å². The van der Waals surface area contributed by atoms with Gasteiger partial charge in [-0.15, -0.1) is 0 Å². The summed E-state index contributed by atoms with van der Waals surface area (Å²) in [6, 6.07) is 9.16. The van der Waals surface area contributed by atoms with E-state index >= 15 is 0 Å². The highest BCUT2D eigenvalue weighted by Crippen LogP contribution is 2.22. The fourth-order valence-corrected chi connectivity index (χ4v) is 2.15. The zero-order valence-corrected chi connectivity index (χ0v) is 13.4. The molecule has 1 amide bonds. The smallest absolute Gasteiger partial charge is 0.255 e. The first-order chi connectivity index (χ1) is 10.0. The minimum absolute atomic E-state index is 0.141. The van der Waals surface area contributed by atoms with Crippen molar-refractivity contribution in [2.45, 2.75) is 33.6 Å². The van der Waals surface area contributed by atoms with Gasteiger partial charge in [-0.1, -0.05) is 52.0 Å². The molecule has 0 atom stereocenters. The molecule has 0 radical (unpaired) electrons. The summed E-state index contributed by atoms with van der Waals surface area (Å²) in [5, 5.41) is 2.97. The second-order valence-corrected chi connectivity index (χ2v) is 5.27. The molecule has 0 aliphatic carbocycles. The number of hydrogen-bond donors (Lipinski definition) is 1. The zero-order chi connectivity index (χ0) is 15.8. The van der Waals surface area contributed by atoms with Crippen molar-refractivity contribution < 1.29 is 9.53 Å². The Kier molecular flexibility index (Phi) is 6.73. The van der Waals surface area contributed by atoms with Gasteiger partial charge < -0.3 is 10.1 Å². The Labute approximate surface area is 127 Å². The standard InChI is InChI=1S/C18H25NO2/c1-6-10-14(4)16(17(21-5)13(2)3)19-18(20)15-11-8-7-9-12-15/h7-9,11-13H,4,6,10H2,1-3,5H3,(H,19,20)/b17-16+. The molecule has 0 unspecified atom stereocenters. The summed E-state index contributed by atoms with van der Waals surface area (Å²) in [5.74, 6) is 0.797. The maximum absolute atomic E-state index is 12.4. The highest BCUT2D eigenvalue weighted by molar-refractivity contribution is 5.95. The van der Waals surface area contributed by atoms with Gasteiger partial charge in [-0.3, -0.25) is 4.79 Å². The van der Waals surface area contributed by atoms with Gasteiger partial charge in [0, 0.05) is 11.5 Å². The van der Waals surface area contributed by atoms with E-state index in [4.69, 9.17) is 4.74 Å². The van der Waals surface area contributed by atoms with Crippen LogP contribution in [0.1, 0.15) is 44.0 Å². The Bertz CT molecular complexity index is 515. The topological polar surface area (TPSA) is 38.3 Å². The average Bonchev–Trinajstić information content (AvgIpc) is 2.47. The SMILES string of the molecule is C=C(CCC)/C(NC(=O)c1ccccc1)=C(\OC)C(C)C. The largest absolute Gasteiger partial charge is 0.499 e. The lowest BCUT2D eigenvalue weighted by molar-refractivity contribution is 0.0962. The average molecular weight is 287 g/mol. The molecule has 0 bridgehead atoms. The van der Waals surface area contributed by atoms with Crippen molar-refractivity contribution in [1.82, 2.24) is 5.32 Å². The molecule has 0 saturated carbocycles. The highest BCUT2D eigenvalue weighted by atomic mass is 16.5. The van der Waals surface area contributed by atoms with Crippen LogP contribution in [-0.2, 0) is 4.74 Å². The van der Waals surface area contributed by atoms with Crippen LogP contribution < -0.4 is 5.32 Å². The Morgan fingerprint density at radius 3 is 2.38 bits per heavy atom. The number of benzene rings is 1. The molecule has 1 aromatic rings. The van der Waals surface area contributed by atoms with Crippen LogP contribution in [0, 0.1) is 5.92 Å². The van der Waals surface area contributed by atoms with Gasteiger partial charge in [-0.05, 0) is 24.1 Å². The van der Waals surface area contributed by atoms with Crippen molar-refractivity contribution >= 4 is 5.91 Å². The highest BCUT2D eigenvalue weighted by Gasteiger charge is 2.17. The van der Waals surface area contributed by atoms with Crippen LogP contribution in [0.5, 0.6) is 0 Å². The molecule has 0 aliphatic rings. The molecule has 3 heteroatoms. The number of amides is 1. The maximum Gasteiger partial charge on any atom is 0.255 e. The summed E-state index contributed by atoms with van der Waals surface area (Å²) in [6.07, 6.45) is 1.79. The van der Waals surface area contributed by atoms with Gasteiger partial charge in [-0.2, -0.15) is 0 Å². The molecular weight excluding hydrogens is 262 g/mol. The summed E-state index contributed by atoms with van der Waals surface area (Å²) in [6.45, 7) is 10.2. The predicted molar refractivity (Wildman–Crippen MR) is 86.8 cm³/mol. The van der Waals surface area contributed by atoms with E-state index in [1.54, 1.807) is 19.2 Å². The maximum atomic E-state index is 12.4. The van der Waals surface area contributed by atoms with E-state index < -0.39 is 0 Å². The number of carbonyl (C=O) groups excluding carboxylic acids is 1. The van der Waals surface area contributed by atoms with Crippen LogP contribution in [0.4, 0.5) is 0 Å². The lowest BCUT2D eigenvalue weighted by Crippen LogP contribution is -2.26. The molecule has 0 aliphatic heterocycles. The number of hydrogen-bond acceptors (Lipinski definition) is 2. The van der Waals surface area contributed by atoms with Gasteiger partial charge in [0.2, 0.25) is 0 Å². The molecule has 0 fully saturated rings. The van der Waals surface area contributed by atoms with E-state index in [-0.39, 0.29) is 11.8 Å². The Hall–Kier alpha value is -2.03. The number of rotatable bonds is 7. The third-order valence-electron chi connectivity index (χ3n) is 3.17. The summed E-state index contributed by atoms with van der Waals surface area (Å²) < 4.78 is 5.48. The van der Waals surface area contributed by atoms with E-state index in [1.807, 2.05) is 32.0 Å². The molecule has 114 valence electrons. The molecular formula is C18H25NO2. The first-order valence-corrected chi connectivity index (χ1v) is 7.33. The second-order valence-electron chi connectivity index (χ2n) is 5.27. The van der Waals surface area contributed by atoms with Crippen molar-refractivity contribution in [2.75, 3.05) is 7.11 Å². The van der Waals surface area contributed by atoms with Crippen LogP contribution in [0.25, 0.3) is 0 Å². The van der Waals surface area contributed by atoms with E-state index in [0.29, 0.717) is 11.3 Å². The monoisotopic (exact) mass is 287 g/mol. The molecule has 1 aromatic carbocycles. The molecule has 0 saturated heterocycles. The fourth-order valence-electron chi connectivity index (χ4n) is 2.15. The first kappa shape index (κ1) is 17.0. The van der Waals surface area contributed by atoms with Crippen LogP contribution in [0.3, 0.4) is 0 Å². The molecule has 1 N–H and O–H groups in total. The Morgan fingerprint density at radius 2 is 1.90 bits per heavy atom. The molecule has 0 spiro atoms. The van der Waals surface area contributed by atoms with Gasteiger partial charge in [-0.25, -0.2) is 0 Å². The summed E-state index contributed by atoms with van der Waals surface area (Å²) >= 11 is 0. The molecule has 0 aromatic heterocycles. The van der Waals surface area contributed by atoms with Crippen LogP contribution in [-0.4, -0.2) is 13.0 Å². The summed E-state index contributed by atoms with van der Waals surface area (Å²) in [7, 11) is 1.63. The van der Waals surface area contributed by atoms with Crippen LogP contribution in [0.2, 0.25) is 0 Å². The van der Waals surface area contributed by atoms with E-state index in [1.165, 1.54) is 0 Å². The van der Waals surface area contributed by atoms with Crippen molar-refractivity contribution in [1.29, 1.82) is 0 Å². The fraction of sp³-hybridized carbons (Fsp3) is 0.389. The second kappa shape index (κ2) is 8.30. The quantitative estimate of drug-likeness (QED) is 0.600. The summed E-state index contributed by atoms with van der Waals surface area (Å²) in [4.78, 5) is 12.4. The zero-order valence-electron chi connectivity index (χ0n) is 13.4. The van der Waals surface area contributed by atoms with Crippen LogP contribution in [0.15, 0.2) is 53.9 Å². The van der Waals surface area contributed by atoms with Crippen LogP contribution >= 0.6 is 0 Å². The molecule has 21 heavy (non-hydrogen) atoms. The third-order valence-corrected chi connectivity index (χ3v) is 3.17. The Morgan fingerprint density at radius 1 is 1.29 bits per heavy atom. The van der Waals surface area contributed by atoms with Crippen molar-refractivity contribution in [3.63, 3.8) is 0 Å². The van der Waals surface area contributed by atoms with E-state index in [2.05, 4.69) is 18.8 Å². The minimum atomic E-state index is -0.141. The number of allylic oxidation sites excluding steroid dienone is 2. The van der Waals surface area contributed by atoms with Gasteiger partial charge in [0.05, 0.1) is 12.8 Å². The number of nitrogens with one attached hydrogen (secondary N) is 1. The normalized spacial score (nSPS) is 11.9. The molecule has 1 rings (SSSR count). The first-order valence-electron chi connectivity index (χ1n) is 7.33. The molecule has 0 heterocycles. The van der Waals surface area contributed by atoms with Gasteiger partial charge in [0.25, 0.3) is 5.91 Å². The molecule has 3 nitrogen and oxygen atoms in total. The van der Waals surface area contributed by atoms with Gasteiger partial charge in [0.1, 0.15) is 5.76 Å². The Balaban J connectivity index is 3.09. The van der Waals surface area contributed by atoms with Crippen molar-refractivity contribution in [3.8, 4) is 0 Å². The lowest BCUT2D eigenvalue weighted by Gasteiger charge is -2.19. The van der Waals surface area contributed by atoms with Crippen molar-refractivity contribution in [2.24, 2.45) is 5.92 Å². The van der Waals surface area contributed by atoms with Gasteiger partial charge in [0.15, 0.2) is 0 Å². The van der Waals surface area contributed by atoms with E-state index in [0.717, 1.165) is 24.2 Å². The number of ether oxygens (including phenoxy) is 1. The third kappa shape index (κ3) is 4.78.